The molecule has 2 atom stereocenters. The number of hydrogen-bond donors (Lipinski definition) is 2. The van der Waals surface area contributed by atoms with Gasteiger partial charge in [0.15, 0.2) is 0 Å². The number of carbonyl (C=O) groups is 1. The third-order valence-corrected chi connectivity index (χ3v) is 6.47. The fraction of sp³-hybridized carbons (Fsp3) is 0.609. The topological polar surface area (TPSA) is 112 Å². The second-order valence-corrected chi connectivity index (χ2v) is 10.3. The third-order valence-electron chi connectivity index (χ3n) is 6.47. The number of fused-ring (bicyclic) bond motifs is 1. The first-order valence-corrected chi connectivity index (χ1v) is 11.4. The van der Waals surface area contributed by atoms with Crippen LogP contribution in [0.2, 0.25) is 0 Å². The van der Waals surface area contributed by atoms with Gasteiger partial charge in [-0.25, -0.2) is 14.0 Å². The lowest BCUT2D eigenvalue weighted by atomic mass is 9.98. The van der Waals surface area contributed by atoms with Crippen LogP contribution >= 0.6 is 0 Å². The number of nitrogen functional groups attached to an aromatic ring is 1. The quantitative estimate of drug-likeness (QED) is 0.676. The zero-order valence-corrected chi connectivity index (χ0v) is 19.8. The molecule has 4 rings (SSSR count). The maximum Gasteiger partial charge on any atom is 0.407 e. The Bertz CT molecular complexity index is 1220. The molecule has 1 aromatic heterocycles. The van der Waals surface area contributed by atoms with Gasteiger partial charge in [-0.1, -0.05) is 6.92 Å². The summed E-state index contributed by atoms with van der Waals surface area (Å²) in [6.45, 7) is 10.7. The maximum atomic E-state index is 15.3. The van der Waals surface area contributed by atoms with Gasteiger partial charge in [0.1, 0.15) is 11.4 Å². The first-order chi connectivity index (χ1) is 15.4. The molecule has 9 nitrogen and oxygen atoms in total. The van der Waals surface area contributed by atoms with Crippen LogP contribution in [0.1, 0.15) is 52.1 Å². The molecular formula is C23H32FN5O4. The van der Waals surface area contributed by atoms with Crippen molar-refractivity contribution >= 4 is 22.7 Å². The van der Waals surface area contributed by atoms with Crippen molar-refractivity contribution in [2.24, 2.45) is 11.8 Å². The number of anilines is 1. The van der Waals surface area contributed by atoms with Gasteiger partial charge in [-0.2, -0.15) is 4.68 Å². The van der Waals surface area contributed by atoms with E-state index in [0.717, 1.165) is 12.8 Å². The van der Waals surface area contributed by atoms with E-state index in [4.69, 9.17) is 10.6 Å². The van der Waals surface area contributed by atoms with E-state index in [1.165, 1.54) is 10.6 Å². The highest BCUT2D eigenvalue weighted by Gasteiger charge is 2.35. The molecular weight excluding hydrogens is 429 g/mol. The van der Waals surface area contributed by atoms with Crippen LogP contribution in [0.4, 0.5) is 14.9 Å². The van der Waals surface area contributed by atoms with Gasteiger partial charge >= 0.3 is 11.8 Å². The summed E-state index contributed by atoms with van der Waals surface area (Å²) in [5.41, 5.74) is -0.466. The lowest BCUT2D eigenvalue weighted by molar-refractivity contribution is 0.0518. The molecule has 1 saturated carbocycles. The Kier molecular flexibility index (Phi) is 5.66. The molecule has 0 unspecified atom stereocenters. The largest absolute Gasteiger partial charge is 0.444 e. The van der Waals surface area contributed by atoms with Crippen LogP contribution in [0.5, 0.6) is 0 Å². The van der Waals surface area contributed by atoms with E-state index < -0.39 is 28.8 Å². The molecule has 1 aliphatic heterocycles. The number of aromatic nitrogens is 2. The summed E-state index contributed by atoms with van der Waals surface area (Å²) in [7, 11) is 0. The van der Waals surface area contributed by atoms with Crippen molar-refractivity contribution in [2.75, 3.05) is 30.4 Å². The van der Waals surface area contributed by atoms with Crippen molar-refractivity contribution in [2.45, 2.75) is 59.1 Å². The van der Waals surface area contributed by atoms with Crippen molar-refractivity contribution < 1.29 is 13.9 Å². The van der Waals surface area contributed by atoms with Gasteiger partial charge in [-0.15, -0.1) is 0 Å². The smallest absolute Gasteiger partial charge is 0.407 e. The molecule has 3 N–H and O–H groups in total. The minimum Gasteiger partial charge on any atom is -0.444 e. The van der Waals surface area contributed by atoms with Crippen molar-refractivity contribution in [3.8, 4) is 0 Å². The third kappa shape index (κ3) is 4.30. The molecule has 1 saturated heterocycles. The monoisotopic (exact) mass is 461 g/mol. The molecule has 10 heteroatoms. The van der Waals surface area contributed by atoms with E-state index in [0.29, 0.717) is 41.1 Å². The van der Waals surface area contributed by atoms with E-state index in [1.54, 1.807) is 27.7 Å². The molecule has 180 valence electrons. The molecule has 1 aromatic carbocycles. The summed E-state index contributed by atoms with van der Waals surface area (Å²) in [6.07, 6.45) is 1.16. The standard InChI is InChI=1S/C23H32FN5O4/c1-12-10-27(11-14(12)9-26-21(31)33-23(3,4)5)19-13(2)18-16(8-17(19)24)20(30)29(25)22(32)28(18)15-6-7-15/h8,12,14-15H,6-7,9-11,25H2,1-5H3,(H,26,31)/t12-,14-/m1/s1. The Balaban J connectivity index is 1.66. The minimum absolute atomic E-state index is 0.0318. The average molecular weight is 462 g/mol. The molecule has 0 radical (unpaired) electrons. The molecule has 2 aromatic rings. The second kappa shape index (κ2) is 8.07. The van der Waals surface area contributed by atoms with Crippen molar-refractivity contribution in [3.63, 3.8) is 0 Å². The van der Waals surface area contributed by atoms with Crippen LogP contribution in [0.3, 0.4) is 0 Å². The van der Waals surface area contributed by atoms with E-state index in [2.05, 4.69) is 12.2 Å². The number of nitrogens with two attached hydrogens (primary N) is 1. The molecule has 2 fully saturated rings. The molecule has 1 amide bonds. The van der Waals surface area contributed by atoms with Gasteiger partial charge in [-0.3, -0.25) is 9.36 Å². The number of aryl methyl sites for hydroxylation is 1. The number of alkyl carbamates (subject to hydrolysis) is 1. The van der Waals surface area contributed by atoms with Gasteiger partial charge in [-0.05, 0) is 58.4 Å². The number of rotatable bonds is 4. The Morgan fingerprint density at radius 3 is 2.55 bits per heavy atom. The Labute approximate surface area is 191 Å². The average Bonchev–Trinajstić information content (AvgIpc) is 3.47. The summed E-state index contributed by atoms with van der Waals surface area (Å²) < 4.78 is 22.7. The second-order valence-electron chi connectivity index (χ2n) is 10.3. The van der Waals surface area contributed by atoms with Gasteiger partial charge in [0.05, 0.1) is 16.6 Å². The first-order valence-electron chi connectivity index (χ1n) is 11.4. The van der Waals surface area contributed by atoms with Crippen molar-refractivity contribution in [3.05, 3.63) is 38.3 Å². The molecule has 2 aliphatic rings. The number of halogens is 1. The molecule has 1 aliphatic carbocycles. The zero-order chi connectivity index (χ0) is 24.2. The van der Waals surface area contributed by atoms with Gasteiger partial charge in [0.25, 0.3) is 5.56 Å². The number of ether oxygens (including phenoxy) is 1. The highest BCUT2D eigenvalue weighted by atomic mass is 19.1. The fourth-order valence-electron chi connectivity index (χ4n) is 4.73. The SMILES string of the molecule is Cc1c(N2C[C@@H](CNC(=O)OC(C)(C)C)[C@H](C)C2)c(F)cc2c(=O)n(N)c(=O)n(C3CC3)c12. The fourth-order valence-corrected chi connectivity index (χ4v) is 4.73. The van der Waals surface area contributed by atoms with Gasteiger partial charge < -0.3 is 20.8 Å². The summed E-state index contributed by atoms with van der Waals surface area (Å²) in [5, 5.41) is 2.92. The molecule has 2 heterocycles. The van der Waals surface area contributed by atoms with Crippen LogP contribution in [0, 0.1) is 24.6 Å². The van der Waals surface area contributed by atoms with Crippen LogP contribution in [-0.2, 0) is 4.74 Å². The van der Waals surface area contributed by atoms with Crippen LogP contribution in [0.25, 0.3) is 10.9 Å². The van der Waals surface area contributed by atoms with E-state index in [9.17, 15) is 14.4 Å². The van der Waals surface area contributed by atoms with Gasteiger partial charge in [0, 0.05) is 31.2 Å². The predicted molar refractivity (Wildman–Crippen MR) is 125 cm³/mol. The number of hydrogen-bond acceptors (Lipinski definition) is 6. The maximum absolute atomic E-state index is 15.3. The number of carbonyl (C=O) groups excluding carboxylic acids is 1. The summed E-state index contributed by atoms with van der Waals surface area (Å²) in [4.78, 5) is 39.4. The Morgan fingerprint density at radius 2 is 1.94 bits per heavy atom. The van der Waals surface area contributed by atoms with Gasteiger partial charge in [0.2, 0.25) is 0 Å². The minimum atomic E-state index is -0.699. The molecule has 33 heavy (non-hydrogen) atoms. The molecule has 0 spiro atoms. The molecule has 0 bridgehead atoms. The van der Waals surface area contributed by atoms with E-state index in [1.807, 2.05) is 4.90 Å². The van der Waals surface area contributed by atoms with E-state index in [-0.39, 0.29) is 23.3 Å². The summed E-state index contributed by atoms with van der Waals surface area (Å²) in [5.74, 6) is 5.46. The van der Waals surface area contributed by atoms with Crippen molar-refractivity contribution in [1.29, 1.82) is 0 Å². The van der Waals surface area contributed by atoms with Crippen LogP contribution in [-0.4, -0.2) is 40.6 Å². The summed E-state index contributed by atoms with van der Waals surface area (Å²) >= 11 is 0. The van der Waals surface area contributed by atoms with E-state index >= 15 is 4.39 Å². The highest BCUT2D eigenvalue weighted by Crippen LogP contribution is 2.39. The highest BCUT2D eigenvalue weighted by molar-refractivity contribution is 5.87. The predicted octanol–water partition coefficient (Wildman–Crippen LogP) is 2.26. The summed E-state index contributed by atoms with van der Waals surface area (Å²) in [6, 6.07) is 1.16. The zero-order valence-electron chi connectivity index (χ0n) is 19.8. The number of nitrogens with one attached hydrogen (secondary N) is 1. The Morgan fingerprint density at radius 1 is 1.27 bits per heavy atom. The number of nitrogens with zero attached hydrogens (tertiary/aromatic N) is 3. The number of amides is 1. The Hall–Kier alpha value is -3.04. The number of benzene rings is 1. The first kappa shape index (κ1) is 23.1. The lowest BCUT2D eigenvalue weighted by Crippen LogP contribution is -2.44. The lowest BCUT2D eigenvalue weighted by Gasteiger charge is -2.24. The normalized spacial score (nSPS) is 21.0. The van der Waals surface area contributed by atoms with Crippen LogP contribution in [0.15, 0.2) is 15.7 Å². The van der Waals surface area contributed by atoms with Crippen LogP contribution < -0.4 is 27.3 Å². The van der Waals surface area contributed by atoms with Crippen molar-refractivity contribution in [1.82, 2.24) is 14.6 Å².